The molecule has 1 amide bonds. The molecule has 1 fully saturated rings. The molecule has 23 heavy (non-hydrogen) atoms. The largest absolute Gasteiger partial charge is 0.480 e. The zero-order chi connectivity index (χ0) is 17.2. The number of rotatable bonds is 3. The van der Waals surface area contributed by atoms with Crippen LogP contribution in [0.25, 0.3) is 0 Å². The Hall–Kier alpha value is -2.04. The van der Waals surface area contributed by atoms with E-state index in [-0.39, 0.29) is 5.92 Å². The number of ether oxygens (including phenoxy) is 1. The molecule has 1 aliphatic rings. The minimum Gasteiger partial charge on any atom is -0.480 e. The van der Waals surface area contributed by atoms with E-state index in [9.17, 15) is 14.7 Å². The molecule has 1 N–H and O–H groups in total. The number of hydrogen-bond acceptors (Lipinski definition) is 3. The molecule has 1 heterocycles. The van der Waals surface area contributed by atoms with Gasteiger partial charge in [-0.2, -0.15) is 0 Å². The molecule has 0 unspecified atom stereocenters. The van der Waals surface area contributed by atoms with Gasteiger partial charge in [-0.3, -0.25) is 4.90 Å². The fourth-order valence-electron chi connectivity index (χ4n) is 2.88. The first-order valence-electron chi connectivity index (χ1n) is 7.93. The van der Waals surface area contributed by atoms with Crippen LogP contribution in [0.3, 0.4) is 0 Å². The smallest absolute Gasteiger partial charge is 0.411 e. The van der Waals surface area contributed by atoms with E-state index in [4.69, 9.17) is 4.74 Å². The van der Waals surface area contributed by atoms with Gasteiger partial charge in [-0.15, -0.1) is 0 Å². The monoisotopic (exact) mass is 319 g/mol. The summed E-state index contributed by atoms with van der Waals surface area (Å²) in [6.07, 6.45) is 0.683. The summed E-state index contributed by atoms with van der Waals surface area (Å²) in [5.74, 6) is -0.839. The number of carbonyl (C=O) groups excluding carboxylic acids is 1. The van der Waals surface area contributed by atoms with E-state index in [2.05, 4.69) is 12.1 Å². The van der Waals surface area contributed by atoms with Crippen molar-refractivity contribution in [1.29, 1.82) is 0 Å². The molecule has 126 valence electrons. The van der Waals surface area contributed by atoms with Crippen molar-refractivity contribution in [2.24, 2.45) is 5.92 Å². The first-order valence-corrected chi connectivity index (χ1v) is 7.93. The Bertz CT molecular complexity index is 574. The predicted molar refractivity (Wildman–Crippen MR) is 87.4 cm³/mol. The highest BCUT2D eigenvalue weighted by molar-refractivity contribution is 5.81. The maximum atomic E-state index is 12.3. The molecule has 2 rings (SSSR count). The molecule has 0 aliphatic carbocycles. The number of nitrogens with zero attached hydrogens (tertiary/aromatic N) is 1. The number of amides is 1. The fourth-order valence-corrected chi connectivity index (χ4v) is 2.88. The van der Waals surface area contributed by atoms with Crippen molar-refractivity contribution >= 4 is 12.1 Å². The summed E-state index contributed by atoms with van der Waals surface area (Å²) in [5, 5.41) is 9.40. The van der Waals surface area contributed by atoms with Gasteiger partial charge in [0, 0.05) is 6.54 Å². The summed E-state index contributed by atoms with van der Waals surface area (Å²) >= 11 is 0. The second-order valence-corrected chi connectivity index (χ2v) is 7.28. The predicted octanol–water partition coefficient (Wildman–Crippen LogP) is 3.25. The minimum absolute atomic E-state index is 0.131. The van der Waals surface area contributed by atoms with E-state index in [1.54, 1.807) is 20.8 Å². The average Bonchev–Trinajstić information content (AvgIpc) is 2.84. The Labute approximate surface area is 137 Å². The van der Waals surface area contributed by atoms with Crippen LogP contribution in [0.5, 0.6) is 0 Å². The first-order chi connectivity index (χ1) is 10.7. The number of carbonyl (C=O) groups is 2. The van der Waals surface area contributed by atoms with E-state index in [1.165, 1.54) is 10.5 Å². The van der Waals surface area contributed by atoms with E-state index in [1.807, 2.05) is 19.1 Å². The zero-order valence-corrected chi connectivity index (χ0v) is 14.2. The number of aryl methyl sites for hydroxylation is 1. The van der Waals surface area contributed by atoms with Crippen molar-refractivity contribution in [2.75, 3.05) is 6.54 Å². The van der Waals surface area contributed by atoms with E-state index in [0.717, 1.165) is 12.0 Å². The third-order valence-electron chi connectivity index (χ3n) is 3.95. The molecule has 1 aliphatic heterocycles. The molecule has 1 aromatic carbocycles. The quantitative estimate of drug-likeness (QED) is 0.928. The maximum absolute atomic E-state index is 12.3. The second kappa shape index (κ2) is 6.60. The van der Waals surface area contributed by atoms with Crippen molar-refractivity contribution in [3.05, 3.63) is 35.4 Å². The Kier molecular flexibility index (Phi) is 4.97. The zero-order valence-electron chi connectivity index (χ0n) is 14.2. The molecule has 1 saturated heterocycles. The summed E-state index contributed by atoms with van der Waals surface area (Å²) in [7, 11) is 0. The van der Waals surface area contributed by atoms with Crippen LogP contribution in [0, 0.1) is 12.8 Å². The van der Waals surface area contributed by atoms with Gasteiger partial charge in [0.05, 0.1) is 0 Å². The molecular weight excluding hydrogens is 294 g/mol. The van der Waals surface area contributed by atoms with Crippen LogP contribution in [0.1, 0.15) is 38.3 Å². The van der Waals surface area contributed by atoms with Gasteiger partial charge in [0.25, 0.3) is 0 Å². The lowest BCUT2D eigenvalue weighted by atomic mass is 9.96. The second-order valence-electron chi connectivity index (χ2n) is 7.28. The van der Waals surface area contributed by atoms with E-state index in [0.29, 0.717) is 13.0 Å². The van der Waals surface area contributed by atoms with Gasteiger partial charge in [0.1, 0.15) is 11.6 Å². The maximum Gasteiger partial charge on any atom is 0.411 e. The normalized spacial score (nSPS) is 21.3. The number of carboxylic acids is 1. The third kappa shape index (κ3) is 4.71. The van der Waals surface area contributed by atoms with Gasteiger partial charge < -0.3 is 9.84 Å². The molecule has 1 aromatic rings. The summed E-state index contributed by atoms with van der Waals surface area (Å²) < 4.78 is 5.34. The van der Waals surface area contributed by atoms with Gasteiger partial charge in [0.15, 0.2) is 0 Å². The van der Waals surface area contributed by atoms with Crippen LogP contribution in [0.15, 0.2) is 24.3 Å². The van der Waals surface area contributed by atoms with Gasteiger partial charge >= 0.3 is 12.1 Å². The Morgan fingerprint density at radius 2 is 1.87 bits per heavy atom. The van der Waals surface area contributed by atoms with E-state index < -0.39 is 23.7 Å². The summed E-state index contributed by atoms with van der Waals surface area (Å²) in [6.45, 7) is 7.78. The Balaban J connectivity index is 2.06. The van der Waals surface area contributed by atoms with Crippen LogP contribution in [-0.4, -0.2) is 40.3 Å². The lowest BCUT2D eigenvalue weighted by Crippen LogP contribution is -2.43. The van der Waals surface area contributed by atoms with Gasteiger partial charge in [0.2, 0.25) is 0 Å². The molecule has 0 bridgehead atoms. The highest BCUT2D eigenvalue weighted by atomic mass is 16.6. The molecule has 0 saturated carbocycles. The average molecular weight is 319 g/mol. The fraction of sp³-hybridized carbons (Fsp3) is 0.556. The molecule has 5 nitrogen and oxygen atoms in total. The number of aliphatic carboxylic acids is 1. The van der Waals surface area contributed by atoms with Crippen molar-refractivity contribution in [2.45, 2.75) is 52.2 Å². The lowest BCUT2D eigenvalue weighted by molar-refractivity contribution is -0.142. The molecule has 0 spiro atoms. The van der Waals surface area contributed by atoms with Gasteiger partial charge in [-0.1, -0.05) is 29.8 Å². The van der Waals surface area contributed by atoms with E-state index >= 15 is 0 Å². The third-order valence-corrected chi connectivity index (χ3v) is 3.95. The number of likely N-dealkylation sites (tertiary alicyclic amines) is 1. The lowest BCUT2D eigenvalue weighted by Gasteiger charge is -2.26. The number of benzene rings is 1. The summed E-state index contributed by atoms with van der Waals surface area (Å²) in [6, 6.07) is 7.40. The number of carboxylic acid groups (broad SMARTS) is 1. The summed E-state index contributed by atoms with van der Waals surface area (Å²) in [5.41, 5.74) is 1.73. The molecular formula is C18H25NO4. The van der Waals surface area contributed by atoms with Crippen molar-refractivity contribution in [3.63, 3.8) is 0 Å². The topological polar surface area (TPSA) is 66.8 Å². The van der Waals surface area contributed by atoms with Gasteiger partial charge in [-0.05, 0) is 52.0 Å². The minimum atomic E-state index is -0.970. The van der Waals surface area contributed by atoms with Gasteiger partial charge in [-0.25, -0.2) is 9.59 Å². The van der Waals surface area contributed by atoms with Crippen LogP contribution in [0.2, 0.25) is 0 Å². The van der Waals surface area contributed by atoms with Crippen molar-refractivity contribution in [3.8, 4) is 0 Å². The molecule has 0 aromatic heterocycles. The van der Waals surface area contributed by atoms with Crippen molar-refractivity contribution in [1.82, 2.24) is 4.90 Å². The first kappa shape index (κ1) is 17.3. The Morgan fingerprint density at radius 1 is 1.26 bits per heavy atom. The highest BCUT2D eigenvalue weighted by Crippen LogP contribution is 2.28. The van der Waals surface area contributed by atoms with Crippen LogP contribution < -0.4 is 0 Å². The van der Waals surface area contributed by atoms with Crippen molar-refractivity contribution < 1.29 is 19.4 Å². The summed E-state index contributed by atoms with van der Waals surface area (Å²) in [4.78, 5) is 25.1. The van der Waals surface area contributed by atoms with Crippen LogP contribution in [0.4, 0.5) is 4.79 Å². The molecule has 5 heteroatoms. The number of hydrogen-bond donors (Lipinski definition) is 1. The standard InChI is InChI=1S/C18H25NO4/c1-12-5-7-13(8-6-12)9-14-10-15(16(20)21)19(11-14)17(22)23-18(2,3)4/h5-8,14-15H,9-11H2,1-4H3,(H,20,21)/t14-,15-/m0/s1. The Morgan fingerprint density at radius 3 is 2.39 bits per heavy atom. The molecule has 2 atom stereocenters. The highest BCUT2D eigenvalue weighted by Gasteiger charge is 2.41. The SMILES string of the molecule is Cc1ccc(C[C@H]2C[C@@H](C(=O)O)N(C(=O)OC(C)(C)C)C2)cc1. The molecule has 0 radical (unpaired) electrons. The van der Waals surface area contributed by atoms with Crippen LogP contribution >= 0.6 is 0 Å². The van der Waals surface area contributed by atoms with Crippen LogP contribution in [-0.2, 0) is 16.0 Å².